The van der Waals surface area contributed by atoms with Crippen LogP contribution in [0.4, 0.5) is 0 Å². The SMILES string of the molecule is CC(=N)/C(N)=C\NC1CCOCC1. The van der Waals surface area contributed by atoms with E-state index in [-0.39, 0.29) is 0 Å². The second-order valence-corrected chi connectivity index (χ2v) is 3.28. The summed E-state index contributed by atoms with van der Waals surface area (Å²) in [5.41, 5.74) is 6.48. The summed E-state index contributed by atoms with van der Waals surface area (Å²) in [6.45, 7) is 3.31. The summed E-state index contributed by atoms with van der Waals surface area (Å²) in [5, 5.41) is 10.5. The second-order valence-electron chi connectivity index (χ2n) is 3.28. The molecular formula is C9H17N3O. The van der Waals surface area contributed by atoms with E-state index in [9.17, 15) is 0 Å². The average Bonchev–Trinajstić information content (AvgIpc) is 2.15. The van der Waals surface area contributed by atoms with Crippen molar-refractivity contribution in [2.24, 2.45) is 5.73 Å². The molecule has 0 aromatic heterocycles. The summed E-state index contributed by atoms with van der Waals surface area (Å²) in [4.78, 5) is 0. The predicted molar refractivity (Wildman–Crippen MR) is 52.6 cm³/mol. The van der Waals surface area contributed by atoms with E-state index in [1.165, 1.54) is 0 Å². The molecule has 1 heterocycles. The largest absolute Gasteiger partial charge is 0.396 e. The summed E-state index contributed by atoms with van der Waals surface area (Å²) in [6.07, 6.45) is 3.75. The Morgan fingerprint density at radius 3 is 2.69 bits per heavy atom. The Balaban J connectivity index is 2.31. The molecule has 0 spiro atoms. The summed E-state index contributed by atoms with van der Waals surface area (Å²) in [5.74, 6) is 0. The Bertz CT molecular complexity index is 207. The average molecular weight is 183 g/mol. The van der Waals surface area contributed by atoms with Crippen LogP contribution >= 0.6 is 0 Å². The molecule has 1 aliphatic rings. The molecule has 0 atom stereocenters. The van der Waals surface area contributed by atoms with E-state index in [0.717, 1.165) is 26.1 Å². The van der Waals surface area contributed by atoms with Crippen LogP contribution in [0.1, 0.15) is 19.8 Å². The van der Waals surface area contributed by atoms with Gasteiger partial charge in [-0.2, -0.15) is 0 Å². The number of nitrogens with two attached hydrogens (primary N) is 1. The predicted octanol–water partition coefficient (Wildman–Crippen LogP) is 0.595. The van der Waals surface area contributed by atoms with Crippen molar-refractivity contribution in [3.8, 4) is 0 Å². The number of ether oxygens (including phenoxy) is 1. The van der Waals surface area contributed by atoms with E-state index in [1.54, 1.807) is 13.1 Å². The number of nitrogens with one attached hydrogen (secondary N) is 2. The first-order chi connectivity index (χ1) is 6.20. The van der Waals surface area contributed by atoms with Gasteiger partial charge in [-0.15, -0.1) is 0 Å². The fraction of sp³-hybridized carbons (Fsp3) is 0.667. The van der Waals surface area contributed by atoms with E-state index < -0.39 is 0 Å². The van der Waals surface area contributed by atoms with Gasteiger partial charge >= 0.3 is 0 Å². The molecule has 0 aromatic carbocycles. The zero-order valence-electron chi connectivity index (χ0n) is 7.97. The molecule has 0 aromatic rings. The van der Waals surface area contributed by atoms with E-state index >= 15 is 0 Å². The highest BCUT2D eigenvalue weighted by Crippen LogP contribution is 2.05. The number of rotatable bonds is 3. The van der Waals surface area contributed by atoms with Crippen LogP contribution in [-0.2, 0) is 4.74 Å². The Morgan fingerprint density at radius 2 is 2.15 bits per heavy atom. The van der Waals surface area contributed by atoms with Gasteiger partial charge in [0, 0.05) is 25.5 Å². The minimum atomic E-state index is 0.402. The summed E-state index contributed by atoms with van der Waals surface area (Å²) in [6, 6.07) is 0.451. The Labute approximate surface area is 78.7 Å². The molecule has 1 rings (SSSR count). The van der Waals surface area contributed by atoms with Crippen molar-refractivity contribution < 1.29 is 4.74 Å². The maximum absolute atomic E-state index is 7.26. The molecular weight excluding hydrogens is 166 g/mol. The van der Waals surface area contributed by atoms with Crippen molar-refractivity contribution in [2.75, 3.05) is 13.2 Å². The first-order valence-corrected chi connectivity index (χ1v) is 4.55. The first kappa shape index (κ1) is 10.1. The molecule has 1 fully saturated rings. The van der Waals surface area contributed by atoms with Crippen LogP contribution in [-0.4, -0.2) is 25.0 Å². The highest BCUT2D eigenvalue weighted by Gasteiger charge is 2.11. The van der Waals surface area contributed by atoms with E-state index in [0.29, 0.717) is 17.5 Å². The van der Waals surface area contributed by atoms with Crippen molar-refractivity contribution in [3.63, 3.8) is 0 Å². The standard InChI is InChI=1S/C9H17N3O/c1-7(10)9(11)6-12-8-2-4-13-5-3-8/h6,8,10,12H,2-5,11H2,1H3/b9-6+,10-7?. The smallest absolute Gasteiger partial charge is 0.0682 e. The maximum atomic E-state index is 7.26. The van der Waals surface area contributed by atoms with Crippen molar-refractivity contribution in [3.05, 3.63) is 11.9 Å². The zero-order chi connectivity index (χ0) is 9.68. The van der Waals surface area contributed by atoms with Crippen molar-refractivity contribution in [1.82, 2.24) is 5.32 Å². The molecule has 4 N–H and O–H groups in total. The zero-order valence-corrected chi connectivity index (χ0v) is 7.97. The minimum Gasteiger partial charge on any atom is -0.396 e. The summed E-state index contributed by atoms with van der Waals surface area (Å²) < 4.78 is 5.22. The molecule has 0 bridgehead atoms. The lowest BCUT2D eigenvalue weighted by Gasteiger charge is -2.22. The third-order valence-corrected chi connectivity index (χ3v) is 2.13. The van der Waals surface area contributed by atoms with Gasteiger partial charge < -0.3 is 21.2 Å². The van der Waals surface area contributed by atoms with Crippen LogP contribution in [0, 0.1) is 5.41 Å². The molecule has 74 valence electrons. The van der Waals surface area contributed by atoms with Gasteiger partial charge in [0.25, 0.3) is 0 Å². The van der Waals surface area contributed by atoms with Crippen molar-refractivity contribution in [1.29, 1.82) is 5.41 Å². The molecule has 0 amide bonds. The van der Waals surface area contributed by atoms with Gasteiger partial charge in [0.15, 0.2) is 0 Å². The number of hydrogen-bond donors (Lipinski definition) is 3. The lowest BCUT2D eigenvalue weighted by Crippen LogP contribution is -2.32. The molecule has 0 radical (unpaired) electrons. The Morgan fingerprint density at radius 1 is 1.54 bits per heavy atom. The Hall–Kier alpha value is -1.03. The van der Waals surface area contributed by atoms with Crippen LogP contribution < -0.4 is 11.1 Å². The van der Waals surface area contributed by atoms with Gasteiger partial charge in [0.05, 0.1) is 11.4 Å². The number of hydrogen-bond acceptors (Lipinski definition) is 4. The highest BCUT2D eigenvalue weighted by molar-refractivity contribution is 5.94. The monoisotopic (exact) mass is 183 g/mol. The highest BCUT2D eigenvalue weighted by atomic mass is 16.5. The van der Waals surface area contributed by atoms with Crippen LogP contribution in [0.2, 0.25) is 0 Å². The maximum Gasteiger partial charge on any atom is 0.0682 e. The van der Waals surface area contributed by atoms with E-state index in [2.05, 4.69) is 5.32 Å². The van der Waals surface area contributed by atoms with Crippen molar-refractivity contribution >= 4 is 5.71 Å². The van der Waals surface area contributed by atoms with Gasteiger partial charge in [-0.1, -0.05) is 0 Å². The quantitative estimate of drug-likeness (QED) is 0.561. The molecule has 4 heteroatoms. The second kappa shape index (κ2) is 4.87. The summed E-state index contributed by atoms with van der Waals surface area (Å²) in [7, 11) is 0. The molecule has 0 aliphatic carbocycles. The first-order valence-electron chi connectivity index (χ1n) is 4.55. The van der Waals surface area contributed by atoms with Crippen LogP contribution in [0.25, 0.3) is 0 Å². The van der Waals surface area contributed by atoms with Gasteiger partial charge in [-0.3, -0.25) is 0 Å². The minimum absolute atomic E-state index is 0.402. The molecule has 4 nitrogen and oxygen atoms in total. The topological polar surface area (TPSA) is 71.1 Å². The van der Waals surface area contributed by atoms with E-state index in [1.807, 2.05) is 0 Å². The number of allylic oxidation sites excluding steroid dienone is 1. The lowest BCUT2D eigenvalue weighted by molar-refractivity contribution is 0.0812. The van der Waals surface area contributed by atoms with Crippen LogP contribution in [0.5, 0.6) is 0 Å². The third kappa shape index (κ3) is 3.46. The third-order valence-electron chi connectivity index (χ3n) is 2.13. The molecule has 0 unspecified atom stereocenters. The van der Waals surface area contributed by atoms with Gasteiger partial charge in [-0.05, 0) is 19.8 Å². The van der Waals surface area contributed by atoms with Crippen LogP contribution in [0.15, 0.2) is 11.9 Å². The van der Waals surface area contributed by atoms with Crippen LogP contribution in [0.3, 0.4) is 0 Å². The molecule has 0 saturated carbocycles. The van der Waals surface area contributed by atoms with Gasteiger partial charge in [-0.25, -0.2) is 0 Å². The normalized spacial score (nSPS) is 19.9. The lowest BCUT2D eigenvalue weighted by atomic mass is 10.1. The fourth-order valence-corrected chi connectivity index (χ4v) is 1.18. The molecule has 1 saturated heterocycles. The van der Waals surface area contributed by atoms with Gasteiger partial charge in [0.1, 0.15) is 0 Å². The van der Waals surface area contributed by atoms with Gasteiger partial charge in [0.2, 0.25) is 0 Å². The fourth-order valence-electron chi connectivity index (χ4n) is 1.18. The Kier molecular flexibility index (Phi) is 3.76. The summed E-state index contributed by atoms with van der Waals surface area (Å²) >= 11 is 0. The van der Waals surface area contributed by atoms with E-state index in [4.69, 9.17) is 15.9 Å². The molecule has 13 heavy (non-hydrogen) atoms. The molecule has 1 aliphatic heterocycles. The van der Waals surface area contributed by atoms with Crippen molar-refractivity contribution in [2.45, 2.75) is 25.8 Å².